The summed E-state index contributed by atoms with van der Waals surface area (Å²) in [6.07, 6.45) is 0. The molecule has 20 heavy (non-hydrogen) atoms. The Morgan fingerprint density at radius 3 is 2.85 bits per heavy atom. The van der Waals surface area contributed by atoms with Crippen molar-refractivity contribution in [1.29, 1.82) is 0 Å². The first-order chi connectivity index (χ1) is 9.52. The second-order valence-corrected chi connectivity index (χ2v) is 5.11. The quantitative estimate of drug-likeness (QED) is 0.876. The Labute approximate surface area is 118 Å². The van der Waals surface area contributed by atoms with E-state index >= 15 is 0 Å². The van der Waals surface area contributed by atoms with E-state index < -0.39 is 0 Å². The number of methoxy groups -OCH3 is 1. The molecule has 1 aromatic carbocycles. The van der Waals surface area contributed by atoms with Crippen LogP contribution in [0.5, 0.6) is 5.75 Å². The predicted molar refractivity (Wildman–Crippen MR) is 77.4 cm³/mol. The summed E-state index contributed by atoms with van der Waals surface area (Å²) in [4.78, 5) is 8.37. The Kier molecular flexibility index (Phi) is 4.44. The molecule has 1 unspecified atom stereocenters. The normalized spacial score (nSPS) is 18.6. The van der Waals surface area contributed by atoms with Gasteiger partial charge in [0.2, 0.25) is 0 Å². The molecule has 0 fully saturated rings. The van der Waals surface area contributed by atoms with Gasteiger partial charge >= 0.3 is 0 Å². The van der Waals surface area contributed by atoms with Crippen LogP contribution < -0.4 is 10.5 Å². The maximum Gasteiger partial charge on any atom is 0.191 e. The van der Waals surface area contributed by atoms with Crippen molar-refractivity contribution in [2.24, 2.45) is 10.7 Å². The molecule has 0 bridgehead atoms. The topological polar surface area (TPSA) is 54.1 Å². The van der Waals surface area contributed by atoms with Crippen molar-refractivity contribution in [2.45, 2.75) is 6.04 Å². The van der Waals surface area contributed by atoms with Crippen molar-refractivity contribution < 1.29 is 9.13 Å². The van der Waals surface area contributed by atoms with Gasteiger partial charge in [0, 0.05) is 13.1 Å². The average molecular weight is 280 g/mol. The number of hydrogen-bond donors (Lipinski definition) is 1. The summed E-state index contributed by atoms with van der Waals surface area (Å²) in [5.74, 6) is 0.414. The van der Waals surface area contributed by atoms with E-state index in [4.69, 9.17) is 10.5 Å². The van der Waals surface area contributed by atoms with Crippen LogP contribution in [-0.4, -0.2) is 56.6 Å². The predicted octanol–water partition coefficient (Wildman–Crippen LogP) is 1.07. The van der Waals surface area contributed by atoms with Gasteiger partial charge in [-0.3, -0.25) is 4.99 Å². The monoisotopic (exact) mass is 280 g/mol. The van der Waals surface area contributed by atoms with Crippen LogP contribution in [0.1, 0.15) is 11.6 Å². The van der Waals surface area contributed by atoms with Crippen LogP contribution in [0.15, 0.2) is 23.2 Å². The highest BCUT2D eigenvalue weighted by atomic mass is 19.1. The largest absolute Gasteiger partial charge is 0.494 e. The summed E-state index contributed by atoms with van der Waals surface area (Å²) in [7, 11) is 5.47. The maximum atomic E-state index is 13.8. The Morgan fingerprint density at radius 1 is 1.50 bits per heavy atom. The molecule has 0 spiro atoms. The fraction of sp³-hybridized carbons (Fsp3) is 0.500. The second kappa shape index (κ2) is 6.09. The maximum absolute atomic E-state index is 13.8. The van der Waals surface area contributed by atoms with Crippen LogP contribution >= 0.6 is 0 Å². The molecule has 1 heterocycles. The third-order valence-electron chi connectivity index (χ3n) is 3.45. The van der Waals surface area contributed by atoms with Crippen molar-refractivity contribution in [3.8, 4) is 5.75 Å². The van der Waals surface area contributed by atoms with E-state index in [0.717, 1.165) is 18.7 Å². The molecule has 1 aromatic rings. The zero-order chi connectivity index (χ0) is 14.7. The van der Waals surface area contributed by atoms with Crippen LogP contribution in [-0.2, 0) is 0 Å². The highest BCUT2D eigenvalue weighted by Gasteiger charge is 2.27. The molecule has 0 saturated carbocycles. The molecule has 0 saturated heterocycles. The Morgan fingerprint density at radius 2 is 2.25 bits per heavy atom. The third kappa shape index (κ3) is 3.01. The van der Waals surface area contributed by atoms with Crippen molar-refractivity contribution >= 4 is 5.96 Å². The van der Waals surface area contributed by atoms with Crippen molar-refractivity contribution in [3.05, 3.63) is 29.6 Å². The van der Waals surface area contributed by atoms with Gasteiger partial charge in [0.15, 0.2) is 17.5 Å². The lowest BCUT2D eigenvalue weighted by atomic mass is 10.1. The van der Waals surface area contributed by atoms with Crippen LogP contribution in [0.2, 0.25) is 0 Å². The van der Waals surface area contributed by atoms with Gasteiger partial charge in [0.25, 0.3) is 0 Å². The molecule has 0 aliphatic carbocycles. The first-order valence-corrected chi connectivity index (χ1v) is 6.57. The van der Waals surface area contributed by atoms with E-state index in [0.29, 0.717) is 12.5 Å². The molecule has 0 aromatic heterocycles. The lowest BCUT2D eigenvalue weighted by Gasteiger charge is -2.28. The van der Waals surface area contributed by atoms with Gasteiger partial charge in [-0.15, -0.1) is 0 Å². The number of aliphatic imine (C=N–C) groups is 1. The van der Waals surface area contributed by atoms with E-state index in [1.54, 1.807) is 6.07 Å². The van der Waals surface area contributed by atoms with Gasteiger partial charge in [0.05, 0.1) is 19.7 Å². The first-order valence-electron chi connectivity index (χ1n) is 6.57. The van der Waals surface area contributed by atoms with Gasteiger partial charge in [0.1, 0.15) is 0 Å². The molecule has 2 N–H and O–H groups in total. The highest BCUT2D eigenvalue weighted by Crippen LogP contribution is 2.28. The van der Waals surface area contributed by atoms with E-state index in [1.165, 1.54) is 13.2 Å². The number of guanidine groups is 1. The molecule has 1 aliphatic heterocycles. The molecule has 0 amide bonds. The van der Waals surface area contributed by atoms with E-state index in [2.05, 4.69) is 9.89 Å². The fourth-order valence-electron chi connectivity index (χ4n) is 2.28. The van der Waals surface area contributed by atoms with Gasteiger partial charge < -0.3 is 20.3 Å². The summed E-state index contributed by atoms with van der Waals surface area (Å²) < 4.78 is 18.8. The molecule has 6 heteroatoms. The van der Waals surface area contributed by atoms with Crippen LogP contribution in [0.4, 0.5) is 4.39 Å². The Balaban J connectivity index is 2.16. The van der Waals surface area contributed by atoms with Crippen molar-refractivity contribution in [2.75, 3.05) is 40.8 Å². The second-order valence-electron chi connectivity index (χ2n) is 5.11. The Hall–Kier alpha value is -1.82. The van der Waals surface area contributed by atoms with Crippen LogP contribution in [0.25, 0.3) is 0 Å². The van der Waals surface area contributed by atoms with Crippen LogP contribution in [0, 0.1) is 5.82 Å². The zero-order valence-electron chi connectivity index (χ0n) is 12.1. The SMILES string of the molecule is COc1ccc(C2CN=C(N)N2CCN(C)C)cc1F. The lowest BCUT2D eigenvalue weighted by Crippen LogP contribution is -2.40. The molecule has 2 rings (SSSR count). The van der Waals surface area contributed by atoms with E-state index in [1.807, 2.05) is 25.1 Å². The standard InChI is InChI=1S/C14H21FN4O/c1-18(2)6-7-19-12(9-17-14(19)16)10-4-5-13(20-3)11(15)8-10/h4-5,8,12H,6-7,9H2,1-3H3,(H2,16,17). The molecule has 5 nitrogen and oxygen atoms in total. The zero-order valence-corrected chi connectivity index (χ0v) is 12.1. The van der Waals surface area contributed by atoms with Crippen molar-refractivity contribution in [1.82, 2.24) is 9.80 Å². The minimum Gasteiger partial charge on any atom is -0.494 e. The molecule has 110 valence electrons. The fourth-order valence-corrected chi connectivity index (χ4v) is 2.28. The smallest absolute Gasteiger partial charge is 0.191 e. The number of likely N-dealkylation sites (N-methyl/N-ethyl adjacent to an activating group) is 1. The van der Waals surface area contributed by atoms with Crippen molar-refractivity contribution in [3.63, 3.8) is 0 Å². The van der Waals surface area contributed by atoms with Gasteiger partial charge in [-0.05, 0) is 31.8 Å². The van der Waals surface area contributed by atoms with E-state index in [9.17, 15) is 4.39 Å². The van der Waals surface area contributed by atoms with Crippen LogP contribution in [0.3, 0.4) is 0 Å². The number of nitrogens with two attached hydrogens (primary N) is 1. The molecule has 0 radical (unpaired) electrons. The molecule has 1 aliphatic rings. The van der Waals surface area contributed by atoms with E-state index in [-0.39, 0.29) is 17.6 Å². The van der Waals surface area contributed by atoms with Gasteiger partial charge in [-0.1, -0.05) is 6.07 Å². The number of halogens is 1. The summed E-state index contributed by atoms with van der Waals surface area (Å²) in [6, 6.07) is 5.00. The summed E-state index contributed by atoms with van der Waals surface area (Å²) in [5, 5.41) is 0. The molecular formula is C14H21FN4O. The minimum absolute atomic E-state index is 0.00430. The number of rotatable bonds is 5. The lowest BCUT2D eigenvalue weighted by molar-refractivity contribution is 0.292. The van der Waals surface area contributed by atoms with Gasteiger partial charge in [-0.25, -0.2) is 4.39 Å². The number of hydrogen-bond acceptors (Lipinski definition) is 5. The highest BCUT2D eigenvalue weighted by molar-refractivity contribution is 5.80. The third-order valence-corrected chi connectivity index (χ3v) is 3.45. The average Bonchev–Trinajstić information content (AvgIpc) is 2.77. The number of ether oxygens (including phenoxy) is 1. The summed E-state index contributed by atoms with van der Waals surface area (Å²) in [6.45, 7) is 2.19. The number of benzene rings is 1. The summed E-state index contributed by atoms with van der Waals surface area (Å²) in [5.41, 5.74) is 6.79. The summed E-state index contributed by atoms with van der Waals surface area (Å²) >= 11 is 0. The number of nitrogens with zero attached hydrogens (tertiary/aromatic N) is 3. The minimum atomic E-state index is -0.358. The Bertz CT molecular complexity index is 504. The first kappa shape index (κ1) is 14.6. The molecule has 1 atom stereocenters. The molecular weight excluding hydrogens is 259 g/mol. The van der Waals surface area contributed by atoms with Gasteiger partial charge in [-0.2, -0.15) is 0 Å².